The first kappa shape index (κ1) is 5.15. The van der Waals surface area contributed by atoms with Gasteiger partial charge in [0.1, 0.15) is 0 Å². The monoisotopic (exact) mass is 113 g/mol. The molecule has 0 aromatic rings. The van der Waals surface area contributed by atoms with E-state index in [-0.39, 0.29) is 0 Å². The normalized spacial score (nSPS) is 18.0. The largest absolute Gasteiger partial charge is 0.465 e. The second kappa shape index (κ2) is 1.51. The van der Waals surface area contributed by atoms with Gasteiger partial charge in [-0.05, 0) is 5.57 Å². The Balaban J connectivity index is 2.35. The van der Waals surface area contributed by atoms with Crippen molar-refractivity contribution in [2.45, 2.75) is 0 Å². The zero-order chi connectivity index (χ0) is 6.15. The van der Waals surface area contributed by atoms with Gasteiger partial charge in [-0.25, -0.2) is 4.79 Å². The summed E-state index contributed by atoms with van der Waals surface area (Å²) < 4.78 is 0. The summed E-state index contributed by atoms with van der Waals surface area (Å²) in [5.74, 6) is 0. The second-order valence-corrected chi connectivity index (χ2v) is 1.89. The van der Waals surface area contributed by atoms with Crippen molar-refractivity contribution in [2.75, 3.05) is 13.1 Å². The highest BCUT2D eigenvalue weighted by Gasteiger charge is 2.21. The maximum absolute atomic E-state index is 10.0. The molecule has 3 heteroatoms. The maximum atomic E-state index is 10.0. The first-order chi connectivity index (χ1) is 3.70. The van der Waals surface area contributed by atoms with E-state index in [1.165, 1.54) is 4.90 Å². The van der Waals surface area contributed by atoms with Crippen molar-refractivity contribution >= 4 is 6.09 Å². The minimum atomic E-state index is -0.850. The lowest BCUT2D eigenvalue weighted by Crippen LogP contribution is -2.42. The zero-order valence-electron chi connectivity index (χ0n) is 4.42. The van der Waals surface area contributed by atoms with Gasteiger partial charge in [-0.2, -0.15) is 0 Å². The standard InChI is InChI=1S/C5H7NO2/c1-4-2-6(3-4)5(7)8/h1-3H2,(H,7,8). The predicted octanol–water partition coefficient (Wildman–Crippen LogP) is 0.536. The van der Waals surface area contributed by atoms with Crippen LogP contribution in [0.4, 0.5) is 4.79 Å². The summed E-state index contributed by atoms with van der Waals surface area (Å²) in [4.78, 5) is 11.3. The summed E-state index contributed by atoms with van der Waals surface area (Å²) >= 11 is 0. The SMILES string of the molecule is C=C1CN(C(=O)O)C1. The van der Waals surface area contributed by atoms with Gasteiger partial charge in [-0.15, -0.1) is 0 Å². The zero-order valence-corrected chi connectivity index (χ0v) is 4.42. The number of nitrogens with zero attached hydrogens (tertiary/aromatic N) is 1. The van der Waals surface area contributed by atoms with E-state index in [1.54, 1.807) is 0 Å². The third kappa shape index (κ3) is 0.665. The van der Waals surface area contributed by atoms with Crippen LogP contribution in [0.2, 0.25) is 0 Å². The average molecular weight is 113 g/mol. The molecular formula is C5H7NO2. The van der Waals surface area contributed by atoms with Gasteiger partial charge in [0, 0.05) is 13.1 Å². The molecule has 44 valence electrons. The lowest BCUT2D eigenvalue weighted by Gasteiger charge is -2.29. The first-order valence-corrected chi connectivity index (χ1v) is 2.34. The first-order valence-electron chi connectivity index (χ1n) is 2.34. The molecule has 1 amide bonds. The molecule has 1 saturated heterocycles. The van der Waals surface area contributed by atoms with Crippen LogP contribution >= 0.6 is 0 Å². The van der Waals surface area contributed by atoms with Crippen LogP contribution in [0, 0.1) is 0 Å². The Kier molecular flexibility index (Phi) is 0.970. The van der Waals surface area contributed by atoms with E-state index in [0.717, 1.165) is 5.57 Å². The molecule has 1 rings (SSSR count). The van der Waals surface area contributed by atoms with Gasteiger partial charge in [0.15, 0.2) is 0 Å². The molecule has 8 heavy (non-hydrogen) atoms. The molecule has 1 heterocycles. The lowest BCUT2D eigenvalue weighted by atomic mass is 10.1. The molecular weight excluding hydrogens is 106 g/mol. The summed E-state index contributed by atoms with van der Waals surface area (Å²) in [5.41, 5.74) is 0.993. The fourth-order valence-corrected chi connectivity index (χ4v) is 0.629. The predicted molar refractivity (Wildman–Crippen MR) is 28.7 cm³/mol. The van der Waals surface area contributed by atoms with Crippen molar-refractivity contribution in [3.63, 3.8) is 0 Å². The topological polar surface area (TPSA) is 40.5 Å². The van der Waals surface area contributed by atoms with Crippen molar-refractivity contribution in [2.24, 2.45) is 0 Å². The third-order valence-electron chi connectivity index (χ3n) is 1.10. The Morgan fingerprint density at radius 2 is 2.25 bits per heavy atom. The van der Waals surface area contributed by atoms with Crippen molar-refractivity contribution in [3.05, 3.63) is 12.2 Å². The Hall–Kier alpha value is -0.990. The van der Waals surface area contributed by atoms with Crippen LogP contribution in [-0.2, 0) is 0 Å². The molecule has 1 N–H and O–H groups in total. The molecule has 0 saturated carbocycles. The quantitative estimate of drug-likeness (QED) is 0.465. The van der Waals surface area contributed by atoms with Crippen molar-refractivity contribution in [3.8, 4) is 0 Å². The number of likely N-dealkylation sites (tertiary alicyclic amines) is 1. The Bertz CT molecular complexity index is 133. The van der Waals surface area contributed by atoms with Crippen LogP contribution in [0.5, 0.6) is 0 Å². The summed E-state index contributed by atoms with van der Waals surface area (Å²) in [6.07, 6.45) is -0.850. The molecule has 0 unspecified atom stereocenters. The van der Waals surface area contributed by atoms with E-state index in [2.05, 4.69) is 6.58 Å². The molecule has 0 aromatic carbocycles. The molecule has 0 radical (unpaired) electrons. The lowest BCUT2D eigenvalue weighted by molar-refractivity contribution is 0.138. The molecule has 0 atom stereocenters. The van der Waals surface area contributed by atoms with Gasteiger partial charge in [-0.3, -0.25) is 0 Å². The summed E-state index contributed by atoms with van der Waals surface area (Å²) in [6.45, 7) is 4.63. The fraction of sp³-hybridized carbons (Fsp3) is 0.400. The number of hydrogen-bond acceptors (Lipinski definition) is 1. The van der Waals surface area contributed by atoms with Crippen LogP contribution in [0.15, 0.2) is 12.2 Å². The van der Waals surface area contributed by atoms with E-state index < -0.39 is 6.09 Å². The molecule has 0 aromatic heterocycles. The number of rotatable bonds is 0. The van der Waals surface area contributed by atoms with Crippen LogP contribution in [-0.4, -0.2) is 29.2 Å². The summed E-state index contributed by atoms with van der Waals surface area (Å²) in [6, 6.07) is 0. The number of carboxylic acid groups (broad SMARTS) is 1. The minimum absolute atomic E-state index is 0.523. The van der Waals surface area contributed by atoms with Gasteiger partial charge >= 0.3 is 6.09 Å². The highest BCUT2D eigenvalue weighted by Crippen LogP contribution is 2.10. The Morgan fingerprint density at radius 1 is 1.75 bits per heavy atom. The van der Waals surface area contributed by atoms with Crippen molar-refractivity contribution in [1.29, 1.82) is 0 Å². The van der Waals surface area contributed by atoms with E-state index in [9.17, 15) is 4.79 Å². The van der Waals surface area contributed by atoms with Gasteiger partial charge < -0.3 is 10.0 Å². The Labute approximate surface area is 47.2 Å². The van der Waals surface area contributed by atoms with Crippen LogP contribution in [0.3, 0.4) is 0 Å². The van der Waals surface area contributed by atoms with Crippen molar-refractivity contribution < 1.29 is 9.90 Å². The molecule has 1 aliphatic rings. The van der Waals surface area contributed by atoms with Gasteiger partial charge in [0.05, 0.1) is 0 Å². The number of hydrogen-bond donors (Lipinski definition) is 1. The molecule has 0 spiro atoms. The minimum Gasteiger partial charge on any atom is -0.465 e. The van der Waals surface area contributed by atoms with E-state index in [0.29, 0.717) is 13.1 Å². The molecule has 0 bridgehead atoms. The molecule has 1 aliphatic heterocycles. The maximum Gasteiger partial charge on any atom is 0.407 e. The molecule has 0 aliphatic carbocycles. The summed E-state index contributed by atoms with van der Waals surface area (Å²) in [5, 5.41) is 8.24. The highest BCUT2D eigenvalue weighted by atomic mass is 16.4. The van der Waals surface area contributed by atoms with Crippen molar-refractivity contribution in [1.82, 2.24) is 4.90 Å². The smallest absolute Gasteiger partial charge is 0.407 e. The average Bonchev–Trinajstić information content (AvgIpc) is 1.57. The molecule has 3 nitrogen and oxygen atoms in total. The van der Waals surface area contributed by atoms with Crippen LogP contribution < -0.4 is 0 Å². The van der Waals surface area contributed by atoms with Crippen LogP contribution in [0.25, 0.3) is 0 Å². The number of amides is 1. The number of carbonyl (C=O) groups is 1. The summed E-state index contributed by atoms with van der Waals surface area (Å²) in [7, 11) is 0. The van der Waals surface area contributed by atoms with Gasteiger partial charge in [0.25, 0.3) is 0 Å². The fourth-order valence-electron chi connectivity index (χ4n) is 0.629. The van der Waals surface area contributed by atoms with E-state index in [1.807, 2.05) is 0 Å². The second-order valence-electron chi connectivity index (χ2n) is 1.89. The van der Waals surface area contributed by atoms with Gasteiger partial charge in [0.2, 0.25) is 0 Å². The van der Waals surface area contributed by atoms with E-state index >= 15 is 0 Å². The van der Waals surface area contributed by atoms with Crippen LogP contribution in [0.1, 0.15) is 0 Å². The molecule has 1 fully saturated rings. The Morgan fingerprint density at radius 3 is 2.38 bits per heavy atom. The third-order valence-corrected chi connectivity index (χ3v) is 1.10. The highest BCUT2D eigenvalue weighted by molar-refractivity contribution is 5.67. The van der Waals surface area contributed by atoms with E-state index in [4.69, 9.17) is 5.11 Å². The van der Waals surface area contributed by atoms with Gasteiger partial charge in [-0.1, -0.05) is 6.58 Å².